The molecule has 9 heteroatoms. The molecule has 1 aliphatic rings. The lowest BCUT2D eigenvalue weighted by molar-refractivity contribution is -0.141. The molecule has 28 heavy (non-hydrogen) atoms. The van der Waals surface area contributed by atoms with E-state index in [0.717, 1.165) is 11.6 Å². The average Bonchev–Trinajstić information content (AvgIpc) is 2.68. The number of amides is 1. The van der Waals surface area contributed by atoms with Crippen molar-refractivity contribution < 1.29 is 22.7 Å². The molecule has 0 bridgehead atoms. The molecule has 1 N–H and O–H groups in total. The Labute approximate surface area is 157 Å². The molecular formula is C19H13F3N4O2. The summed E-state index contributed by atoms with van der Waals surface area (Å²) in [7, 11) is 0. The van der Waals surface area contributed by atoms with E-state index in [9.17, 15) is 18.0 Å². The third-order valence-electron chi connectivity index (χ3n) is 4.13. The van der Waals surface area contributed by atoms with Gasteiger partial charge >= 0.3 is 6.18 Å². The Morgan fingerprint density at radius 1 is 1.00 bits per heavy atom. The minimum Gasteiger partial charge on any atom is -0.439 e. The summed E-state index contributed by atoms with van der Waals surface area (Å²) in [5, 5.41) is 2.74. The fourth-order valence-electron chi connectivity index (χ4n) is 2.80. The zero-order valence-corrected chi connectivity index (χ0v) is 14.3. The highest BCUT2D eigenvalue weighted by Crippen LogP contribution is 2.34. The highest BCUT2D eigenvalue weighted by molar-refractivity contribution is 5.94. The lowest BCUT2D eigenvalue weighted by atomic mass is 10.0. The van der Waals surface area contributed by atoms with E-state index in [0.29, 0.717) is 29.8 Å². The number of alkyl halides is 3. The summed E-state index contributed by atoms with van der Waals surface area (Å²) in [5.41, 5.74) is 0.796. The fourth-order valence-corrected chi connectivity index (χ4v) is 2.80. The Morgan fingerprint density at radius 3 is 2.54 bits per heavy atom. The van der Waals surface area contributed by atoms with Gasteiger partial charge in [0.05, 0.1) is 0 Å². The number of hydrogen-bond donors (Lipinski definition) is 1. The van der Waals surface area contributed by atoms with Gasteiger partial charge in [0.25, 0.3) is 0 Å². The molecule has 3 aromatic rings. The van der Waals surface area contributed by atoms with Crippen molar-refractivity contribution in [2.75, 3.05) is 5.32 Å². The summed E-state index contributed by atoms with van der Waals surface area (Å²) in [4.78, 5) is 23.0. The summed E-state index contributed by atoms with van der Waals surface area (Å²) < 4.78 is 45.4. The van der Waals surface area contributed by atoms with Crippen LogP contribution in [0.25, 0.3) is 11.4 Å². The van der Waals surface area contributed by atoms with Crippen LogP contribution in [0.3, 0.4) is 0 Å². The van der Waals surface area contributed by atoms with Crippen molar-refractivity contribution >= 4 is 11.6 Å². The minimum atomic E-state index is -4.65. The number of fused-ring (bicyclic) bond motifs is 1. The fraction of sp³-hybridized carbons (Fsp3) is 0.158. The minimum absolute atomic E-state index is 0.0752. The van der Waals surface area contributed by atoms with Crippen LogP contribution >= 0.6 is 0 Å². The highest BCUT2D eigenvalue weighted by Gasteiger charge is 2.34. The first-order valence-corrected chi connectivity index (χ1v) is 8.36. The maximum atomic E-state index is 13.3. The maximum Gasteiger partial charge on any atom is 0.433 e. The molecule has 3 heterocycles. The van der Waals surface area contributed by atoms with Crippen LogP contribution in [0.4, 0.5) is 18.9 Å². The van der Waals surface area contributed by atoms with Crippen LogP contribution in [0, 0.1) is 0 Å². The maximum absolute atomic E-state index is 13.3. The van der Waals surface area contributed by atoms with Crippen molar-refractivity contribution in [1.82, 2.24) is 15.0 Å². The van der Waals surface area contributed by atoms with Gasteiger partial charge in [-0.25, -0.2) is 4.98 Å². The van der Waals surface area contributed by atoms with Gasteiger partial charge < -0.3 is 10.1 Å². The number of aromatic nitrogens is 3. The van der Waals surface area contributed by atoms with E-state index < -0.39 is 11.9 Å². The first-order chi connectivity index (χ1) is 13.4. The normalized spacial score (nSPS) is 13.6. The molecule has 0 saturated heterocycles. The second-order valence-corrected chi connectivity index (χ2v) is 6.12. The molecule has 0 fully saturated rings. The number of hydrogen-bond acceptors (Lipinski definition) is 5. The smallest absolute Gasteiger partial charge is 0.433 e. The molecular weight excluding hydrogens is 373 g/mol. The van der Waals surface area contributed by atoms with E-state index in [4.69, 9.17) is 4.74 Å². The third kappa shape index (κ3) is 3.78. The zero-order valence-electron chi connectivity index (χ0n) is 14.3. The van der Waals surface area contributed by atoms with E-state index in [1.807, 2.05) is 0 Å². The number of carbonyl (C=O) groups is 1. The van der Waals surface area contributed by atoms with E-state index >= 15 is 0 Å². The summed E-state index contributed by atoms with van der Waals surface area (Å²) in [5.74, 6) is -0.0948. The van der Waals surface area contributed by atoms with E-state index in [1.54, 1.807) is 18.2 Å². The van der Waals surface area contributed by atoms with Crippen molar-refractivity contribution in [3.63, 3.8) is 0 Å². The summed E-state index contributed by atoms with van der Waals surface area (Å²) in [6, 6.07) is 8.67. The van der Waals surface area contributed by atoms with Crippen LogP contribution < -0.4 is 10.1 Å². The van der Waals surface area contributed by atoms with Crippen LogP contribution in [0.5, 0.6) is 11.6 Å². The number of anilines is 1. The van der Waals surface area contributed by atoms with Gasteiger partial charge in [-0.1, -0.05) is 0 Å². The van der Waals surface area contributed by atoms with Gasteiger partial charge in [0.1, 0.15) is 5.75 Å². The molecule has 4 rings (SSSR count). The van der Waals surface area contributed by atoms with E-state index in [-0.39, 0.29) is 17.6 Å². The Bertz CT molecular complexity index is 1040. The van der Waals surface area contributed by atoms with Crippen LogP contribution in [-0.4, -0.2) is 20.9 Å². The lowest BCUT2D eigenvalue weighted by Crippen LogP contribution is -2.18. The standard InChI is InChI=1S/C19H13F3N4O2/c20-19(21,22)15-10-17(26-18(25-15)11-5-7-23-8-6-11)28-13-2-3-14-12(9-13)1-4-16(27)24-14/h2-3,5-10H,1,4H2,(H,24,27). The number of pyridine rings is 1. The number of rotatable bonds is 3. The van der Waals surface area contributed by atoms with Crippen LogP contribution in [0.2, 0.25) is 0 Å². The van der Waals surface area contributed by atoms with Crippen molar-refractivity contribution in [3.8, 4) is 23.0 Å². The quantitative estimate of drug-likeness (QED) is 0.729. The largest absolute Gasteiger partial charge is 0.439 e. The Hall–Kier alpha value is -3.49. The number of halogens is 3. The summed E-state index contributed by atoms with van der Waals surface area (Å²) in [6.45, 7) is 0. The van der Waals surface area contributed by atoms with Crippen molar-refractivity contribution in [2.24, 2.45) is 0 Å². The van der Waals surface area contributed by atoms with Crippen LogP contribution in [0.1, 0.15) is 17.7 Å². The molecule has 0 atom stereocenters. The first kappa shape index (κ1) is 17.9. The number of carbonyl (C=O) groups excluding carboxylic acids is 1. The third-order valence-corrected chi connectivity index (χ3v) is 4.13. The SMILES string of the molecule is O=C1CCc2cc(Oc3cc(C(F)(F)F)nc(-c4ccncc4)n3)ccc2N1. The second kappa shape index (κ2) is 6.91. The number of nitrogens with one attached hydrogen (secondary N) is 1. The van der Waals surface area contributed by atoms with Crippen LogP contribution in [0.15, 0.2) is 48.8 Å². The van der Waals surface area contributed by atoms with E-state index in [1.165, 1.54) is 24.5 Å². The number of nitrogens with zero attached hydrogens (tertiary/aromatic N) is 3. The molecule has 1 aliphatic heterocycles. The molecule has 1 aromatic carbocycles. The highest BCUT2D eigenvalue weighted by atomic mass is 19.4. The van der Waals surface area contributed by atoms with Gasteiger partial charge in [0, 0.05) is 36.1 Å². The Kier molecular flexibility index (Phi) is 4.42. The van der Waals surface area contributed by atoms with Gasteiger partial charge in [0.2, 0.25) is 11.8 Å². The summed E-state index contributed by atoms with van der Waals surface area (Å²) in [6.07, 6.45) is -0.899. The van der Waals surface area contributed by atoms with Gasteiger partial charge in [-0.05, 0) is 42.3 Å². The topological polar surface area (TPSA) is 77.0 Å². The predicted octanol–water partition coefficient (Wildman–Crippen LogP) is 4.23. The van der Waals surface area contributed by atoms with Crippen LogP contribution in [-0.2, 0) is 17.4 Å². The van der Waals surface area contributed by atoms with Gasteiger partial charge in [0.15, 0.2) is 11.5 Å². The van der Waals surface area contributed by atoms with Gasteiger partial charge in [-0.3, -0.25) is 9.78 Å². The van der Waals surface area contributed by atoms with Gasteiger partial charge in [-0.2, -0.15) is 18.2 Å². The van der Waals surface area contributed by atoms with Crippen molar-refractivity contribution in [3.05, 3.63) is 60.0 Å². The zero-order chi connectivity index (χ0) is 19.7. The molecule has 2 aromatic heterocycles. The van der Waals surface area contributed by atoms with Gasteiger partial charge in [-0.15, -0.1) is 0 Å². The number of aryl methyl sites for hydroxylation is 1. The summed E-state index contributed by atoms with van der Waals surface area (Å²) >= 11 is 0. The molecule has 0 unspecified atom stereocenters. The molecule has 0 saturated carbocycles. The number of ether oxygens (including phenoxy) is 1. The van der Waals surface area contributed by atoms with E-state index in [2.05, 4.69) is 20.3 Å². The van der Waals surface area contributed by atoms with Crippen molar-refractivity contribution in [2.45, 2.75) is 19.0 Å². The average molecular weight is 386 g/mol. The predicted molar refractivity (Wildman–Crippen MR) is 93.7 cm³/mol. The first-order valence-electron chi connectivity index (χ1n) is 8.36. The molecule has 1 amide bonds. The Balaban J connectivity index is 1.70. The molecule has 0 aliphatic carbocycles. The Morgan fingerprint density at radius 2 is 1.79 bits per heavy atom. The monoisotopic (exact) mass is 386 g/mol. The molecule has 142 valence electrons. The molecule has 0 spiro atoms. The van der Waals surface area contributed by atoms with Crippen molar-refractivity contribution in [1.29, 1.82) is 0 Å². The lowest BCUT2D eigenvalue weighted by Gasteiger charge is -2.17. The second-order valence-electron chi connectivity index (χ2n) is 6.12. The number of benzene rings is 1. The molecule has 0 radical (unpaired) electrons. The molecule has 6 nitrogen and oxygen atoms in total.